The zero-order valence-electron chi connectivity index (χ0n) is 11.9. The lowest BCUT2D eigenvalue weighted by Gasteiger charge is -2.41. The van der Waals surface area contributed by atoms with Gasteiger partial charge in [0.1, 0.15) is 12.2 Å². The monoisotopic (exact) mass is 250 g/mol. The lowest BCUT2D eigenvalue weighted by molar-refractivity contribution is 0.123. The van der Waals surface area contributed by atoms with E-state index >= 15 is 0 Å². The summed E-state index contributed by atoms with van der Waals surface area (Å²) in [5.74, 6) is 1.67. The van der Waals surface area contributed by atoms with Crippen LogP contribution in [0, 0.1) is 11.3 Å². The van der Waals surface area contributed by atoms with Gasteiger partial charge in [-0.3, -0.25) is 0 Å². The zero-order chi connectivity index (χ0) is 13.0. The second-order valence-corrected chi connectivity index (χ2v) is 6.06. The minimum atomic E-state index is 0.572. The predicted octanol–water partition coefficient (Wildman–Crippen LogP) is 2.60. The molecule has 1 aromatic heterocycles. The molecule has 1 aliphatic carbocycles. The molecule has 1 saturated carbocycles. The summed E-state index contributed by atoms with van der Waals surface area (Å²) in [6.07, 6.45) is 7.13. The van der Waals surface area contributed by atoms with Crippen LogP contribution in [0.15, 0.2) is 6.33 Å². The Morgan fingerprint density at radius 3 is 2.78 bits per heavy atom. The second-order valence-electron chi connectivity index (χ2n) is 6.06. The number of hydrogen-bond donors (Lipinski definition) is 1. The molecule has 0 unspecified atom stereocenters. The van der Waals surface area contributed by atoms with Crippen molar-refractivity contribution < 1.29 is 0 Å². The third-order valence-electron chi connectivity index (χ3n) is 4.18. The third kappa shape index (κ3) is 3.10. The highest BCUT2D eigenvalue weighted by molar-refractivity contribution is 4.90. The van der Waals surface area contributed by atoms with E-state index in [2.05, 4.69) is 36.2 Å². The molecule has 0 radical (unpaired) electrons. The molecule has 4 nitrogen and oxygen atoms in total. The quantitative estimate of drug-likeness (QED) is 0.809. The van der Waals surface area contributed by atoms with Gasteiger partial charge in [-0.05, 0) is 30.6 Å². The molecule has 1 heterocycles. The summed E-state index contributed by atoms with van der Waals surface area (Å²) in [6, 6.07) is 0. The minimum Gasteiger partial charge on any atom is -0.309 e. The Labute approximate surface area is 110 Å². The molecule has 0 atom stereocenters. The Kier molecular flexibility index (Phi) is 4.38. The topological polar surface area (TPSA) is 42.7 Å². The predicted molar refractivity (Wildman–Crippen MR) is 73.1 cm³/mol. The van der Waals surface area contributed by atoms with E-state index in [1.807, 2.05) is 4.68 Å². The molecule has 2 rings (SSSR count). The molecule has 1 aromatic rings. The van der Waals surface area contributed by atoms with Gasteiger partial charge in [0.05, 0.1) is 6.54 Å². The number of rotatable bonds is 7. The third-order valence-corrected chi connectivity index (χ3v) is 4.18. The molecule has 0 aromatic carbocycles. The maximum Gasteiger partial charge on any atom is 0.140 e. The molecule has 1 N–H and O–H groups in total. The second kappa shape index (κ2) is 5.83. The van der Waals surface area contributed by atoms with Crippen LogP contribution in [0.1, 0.15) is 52.3 Å². The van der Waals surface area contributed by atoms with Crippen LogP contribution >= 0.6 is 0 Å². The van der Waals surface area contributed by atoms with Crippen molar-refractivity contribution in [1.82, 2.24) is 20.1 Å². The van der Waals surface area contributed by atoms with Crippen LogP contribution in [0.5, 0.6) is 0 Å². The molecule has 0 saturated heterocycles. The van der Waals surface area contributed by atoms with Crippen LogP contribution in [-0.4, -0.2) is 21.3 Å². The first-order valence-electron chi connectivity index (χ1n) is 7.22. The smallest absolute Gasteiger partial charge is 0.140 e. The fraction of sp³-hybridized carbons (Fsp3) is 0.857. The first-order valence-corrected chi connectivity index (χ1v) is 7.22. The molecule has 1 aliphatic rings. The first kappa shape index (κ1) is 13.5. The van der Waals surface area contributed by atoms with Gasteiger partial charge in [0.2, 0.25) is 0 Å². The van der Waals surface area contributed by atoms with Gasteiger partial charge in [-0.25, -0.2) is 9.67 Å². The summed E-state index contributed by atoms with van der Waals surface area (Å²) in [7, 11) is 0. The molecular weight excluding hydrogens is 224 g/mol. The maximum atomic E-state index is 4.35. The number of aromatic nitrogens is 3. The van der Waals surface area contributed by atoms with Gasteiger partial charge in [0, 0.05) is 13.1 Å². The van der Waals surface area contributed by atoms with Gasteiger partial charge >= 0.3 is 0 Å². The summed E-state index contributed by atoms with van der Waals surface area (Å²) in [4.78, 5) is 4.35. The van der Waals surface area contributed by atoms with Crippen LogP contribution in [-0.2, 0) is 13.1 Å². The highest BCUT2D eigenvalue weighted by atomic mass is 15.3. The Morgan fingerprint density at radius 2 is 2.22 bits per heavy atom. The summed E-state index contributed by atoms with van der Waals surface area (Å²) >= 11 is 0. The fourth-order valence-corrected chi connectivity index (χ4v) is 2.69. The highest BCUT2D eigenvalue weighted by Crippen LogP contribution is 2.43. The van der Waals surface area contributed by atoms with Gasteiger partial charge in [0.25, 0.3) is 0 Å². The molecule has 0 aliphatic heterocycles. The van der Waals surface area contributed by atoms with E-state index in [1.165, 1.54) is 25.7 Å². The van der Waals surface area contributed by atoms with E-state index in [9.17, 15) is 0 Å². The SMILES string of the molecule is CCC1(CNCc2ncnn2CC(C)C)CCC1. The van der Waals surface area contributed by atoms with Crippen molar-refractivity contribution in [2.45, 2.75) is 59.5 Å². The lowest BCUT2D eigenvalue weighted by Crippen LogP contribution is -2.39. The zero-order valence-corrected chi connectivity index (χ0v) is 11.9. The number of hydrogen-bond acceptors (Lipinski definition) is 3. The molecule has 1 fully saturated rings. The molecule has 0 bridgehead atoms. The van der Waals surface area contributed by atoms with Gasteiger partial charge in [-0.2, -0.15) is 5.10 Å². The van der Waals surface area contributed by atoms with Crippen LogP contribution in [0.2, 0.25) is 0 Å². The molecule has 0 amide bonds. The average Bonchev–Trinajstić information content (AvgIpc) is 2.69. The van der Waals surface area contributed by atoms with E-state index in [4.69, 9.17) is 0 Å². The van der Waals surface area contributed by atoms with Crippen LogP contribution in [0.3, 0.4) is 0 Å². The largest absolute Gasteiger partial charge is 0.309 e. The van der Waals surface area contributed by atoms with E-state index in [-0.39, 0.29) is 0 Å². The molecule has 0 spiro atoms. The van der Waals surface area contributed by atoms with E-state index in [1.54, 1.807) is 6.33 Å². The maximum absolute atomic E-state index is 4.35. The van der Waals surface area contributed by atoms with Gasteiger partial charge in [-0.15, -0.1) is 0 Å². The van der Waals surface area contributed by atoms with Gasteiger partial charge in [-0.1, -0.05) is 27.2 Å². The fourth-order valence-electron chi connectivity index (χ4n) is 2.69. The minimum absolute atomic E-state index is 0.572. The van der Waals surface area contributed by atoms with Crippen molar-refractivity contribution in [2.24, 2.45) is 11.3 Å². The average molecular weight is 250 g/mol. The summed E-state index contributed by atoms with van der Waals surface area (Å²) in [6.45, 7) is 9.64. The standard InChI is InChI=1S/C14H26N4/c1-4-14(6-5-7-14)10-15-8-13-16-11-17-18(13)9-12(2)3/h11-12,15H,4-10H2,1-3H3. The van der Waals surface area contributed by atoms with Gasteiger partial charge in [0.15, 0.2) is 0 Å². The van der Waals surface area contributed by atoms with Crippen LogP contribution < -0.4 is 5.32 Å². The van der Waals surface area contributed by atoms with E-state index in [0.717, 1.165) is 25.5 Å². The first-order chi connectivity index (χ1) is 8.65. The van der Waals surface area contributed by atoms with Crippen molar-refractivity contribution in [1.29, 1.82) is 0 Å². The van der Waals surface area contributed by atoms with Crippen LogP contribution in [0.25, 0.3) is 0 Å². The Bertz CT molecular complexity index is 360. The van der Waals surface area contributed by atoms with Crippen molar-refractivity contribution in [3.05, 3.63) is 12.2 Å². The van der Waals surface area contributed by atoms with E-state index in [0.29, 0.717) is 11.3 Å². The molecule has 102 valence electrons. The Morgan fingerprint density at radius 1 is 1.44 bits per heavy atom. The van der Waals surface area contributed by atoms with Crippen molar-refractivity contribution >= 4 is 0 Å². The summed E-state index contributed by atoms with van der Waals surface area (Å²) in [5.41, 5.74) is 0.572. The molecule has 4 heteroatoms. The van der Waals surface area contributed by atoms with Crippen molar-refractivity contribution in [3.8, 4) is 0 Å². The summed E-state index contributed by atoms with van der Waals surface area (Å²) in [5, 5.41) is 7.86. The normalized spacial score (nSPS) is 18.0. The van der Waals surface area contributed by atoms with Gasteiger partial charge < -0.3 is 5.32 Å². The van der Waals surface area contributed by atoms with E-state index < -0.39 is 0 Å². The molecular formula is C14H26N4. The van der Waals surface area contributed by atoms with Crippen molar-refractivity contribution in [2.75, 3.05) is 6.54 Å². The number of nitrogens with one attached hydrogen (secondary N) is 1. The summed E-state index contributed by atoms with van der Waals surface area (Å²) < 4.78 is 2.02. The molecule has 18 heavy (non-hydrogen) atoms. The Hall–Kier alpha value is -0.900. The number of nitrogens with zero attached hydrogens (tertiary/aromatic N) is 3. The lowest BCUT2D eigenvalue weighted by atomic mass is 9.67. The van der Waals surface area contributed by atoms with Crippen LogP contribution in [0.4, 0.5) is 0 Å². The Balaban J connectivity index is 1.81. The van der Waals surface area contributed by atoms with Crippen molar-refractivity contribution in [3.63, 3.8) is 0 Å². The highest BCUT2D eigenvalue weighted by Gasteiger charge is 2.34.